The van der Waals surface area contributed by atoms with Crippen molar-refractivity contribution in [3.63, 3.8) is 0 Å². The molecule has 0 aromatic heterocycles. The van der Waals surface area contributed by atoms with E-state index in [9.17, 15) is 9.90 Å². The first-order valence-corrected chi connectivity index (χ1v) is 5.53. The Labute approximate surface area is 89.4 Å². The van der Waals surface area contributed by atoms with Gasteiger partial charge in [0.15, 0.2) is 0 Å². The van der Waals surface area contributed by atoms with E-state index in [0.717, 1.165) is 25.9 Å². The minimum atomic E-state index is -0.852. The van der Waals surface area contributed by atoms with Crippen LogP contribution in [0, 0.1) is 0 Å². The third-order valence-electron chi connectivity index (χ3n) is 3.04. The Morgan fingerprint density at radius 3 is 2.80 bits per heavy atom. The van der Waals surface area contributed by atoms with Crippen molar-refractivity contribution in [1.82, 2.24) is 10.2 Å². The highest BCUT2D eigenvalue weighted by Crippen LogP contribution is 2.17. The molecular formula is C10H18N2O3. The van der Waals surface area contributed by atoms with E-state index in [1.165, 1.54) is 0 Å². The Hall–Kier alpha value is -0.810. The van der Waals surface area contributed by atoms with E-state index in [0.29, 0.717) is 26.2 Å². The first-order chi connectivity index (χ1) is 7.20. The SMILES string of the molecule is O=C(NCC1(O)CCOC1)N1CCCC1. The Balaban J connectivity index is 1.74. The number of nitrogens with one attached hydrogen (secondary N) is 1. The maximum Gasteiger partial charge on any atom is 0.317 e. The summed E-state index contributed by atoms with van der Waals surface area (Å²) < 4.78 is 5.10. The van der Waals surface area contributed by atoms with Crippen LogP contribution in [-0.2, 0) is 4.74 Å². The first kappa shape index (κ1) is 10.7. The zero-order chi connectivity index (χ0) is 10.7. The molecule has 2 N–H and O–H groups in total. The number of nitrogens with zero attached hydrogens (tertiary/aromatic N) is 1. The first-order valence-electron chi connectivity index (χ1n) is 5.53. The number of rotatable bonds is 2. The smallest absolute Gasteiger partial charge is 0.317 e. The minimum absolute atomic E-state index is 0.0622. The molecule has 0 saturated carbocycles. The molecule has 2 rings (SSSR count). The van der Waals surface area contributed by atoms with E-state index in [1.807, 2.05) is 0 Å². The van der Waals surface area contributed by atoms with Crippen LogP contribution < -0.4 is 5.32 Å². The molecule has 86 valence electrons. The number of likely N-dealkylation sites (tertiary alicyclic amines) is 1. The molecule has 0 aliphatic carbocycles. The van der Waals surface area contributed by atoms with Gasteiger partial charge in [0.05, 0.1) is 13.2 Å². The highest BCUT2D eigenvalue weighted by atomic mass is 16.5. The van der Waals surface area contributed by atoms with Crippen molar-refractivity contribution in [1.29, 1.82) is 0 Å². The van der Waals surface area contributed by atoms with Gasteiger partial charge in [-0.3, -0.25) is 0 Å². The van der Waals surface area contributed by atoms with Crippen molar-refractivity contribution in [2.24, 2.45) is 0 Å². The largest absolute Gasteiger partial charge is 0.386 e. The molecule has 0 aromatic rings. The third kappa shape index (κ3) is 2.60. The summed E-state index contributed by atoms with van der Waals surface area (Å²) in [6, 6.07) is -0.0622. The molecule has 0 radical (unpaired) electrons. The van der Waals surface area contributed by atoms with E-state index in [1.54, 1.807) is 4.90 Å². The second-order valence-corrected chi connectivity index (χ2v) is 4.38. The average Bonchev–Trinajstić information content (AvgIpc) is 2.85. The van der Waals surface area contributed by atoms with Crippen LogP contribution in [0.15, 0.2) is 0 Å². The molecule has 2 saturated heterocycles. The standard InChI is InChI=1S/C10H18N2O3/c13-9(12-4-1-2-5-12)11-7-10(14)3-6-15-8-10/h14H,1-8H2,(H,11,13). The highest BCUT2D eigenvalue weighted by Gasteiger charge is 2.33. The van der Waals surface area contributed by atoms with Crippen molar-refractivity contribution in [3.05, 3.63) is 0 Å². The molecule has 0 spiro atoms. The van der Waals surface area contributed by atoms with Gasteiger partial charge in [-0.15, -0.1) is 0 Å². The van der Waals surface area contributed by atoms with Crippen molar-refractivity contribution in [2.75, 3.05) is 32.8 Å². The lowest BCUT2D eigenvalue weighted by Gasteiger charge is -2.23. The van der Waals surface area contributed by atoms with Gasteiger partial charge < -0.3 is 20.1 Å². The quantitative estimate of drug-likeness (QED) is 0.677. The number of ether oxygens (including phenoxy) is 1. The van der Waals surface area contributed by atoms with Crippen molar-refractivity contribution in [3.8, 4) is 0 Å². The minimum Gasteiger partial charge on any atom is -0.386 e. The summed E-state index contributed by atoms with van der Waals surface area (Å²) in [6.07, 6.45) is 2.77. The van der Waals surface area contributed by atoms with Crippen LogP contribution in [0.4, 0.5) is 4.79 Å². The van der Waals surface area contributed by atoms with Gasteiger partial charge in [-0.1, -0.05) is 0 Å². The predicted octanol–water partition coefficient (Wildman–Crippen LogP) is -0.0568. The van der Waals surface area contributed by atoms with Crippen molar-refractivity contribution >= 4 is 6.03 Å². The fraction of sp³-hybridized carbons (Fsp3) is 0.900. The maximum atomic E-state index is 11.6. The fourth-order valence-electron chi connectivity index (χ4n) is 2.01. The number of aliphatic hydroxyl groups is 1. The van der Waals surface area contributed by atoms with Gasteiger partial charge in [0.25, 0.3) is 0 Å². The van der Waals surface area contributed by atoms with Crippen LogP contribution >= 0.6 is 0 Å². The maximum absolute atomic E-state index is 11.6. The van der Waals surface area contributed by atoms with E-state index in [2.05, 4.69) is 5.32 Å². The van der Waals surface area contributed by atoms with E-state index < -0.39 is 5.60 Å². The Morgan fingerprint density at radius 2 is 2.20 bits per heavy atom. The average molecular weight is 214 g/mol. The number of carbonyl (C=O) groups excluding carboxylic acids is 1. The summed E-state index contributed by atoms with van der Waals surface area (Å²) in [4.78, 5) is 13.4. The molecule has 1 atom stereocenters. The van der Waals surface area contributed by atoms with E-state index in [4.69, 9.17) is 4.74 Å². The lowest BCUT2D eigenvalue weighted by atomic mass is 10.0. The second kappa shape index (κ2) is 4.37. The normalized spacial score (nSPS) is 30.9. The van der Waals surface area contributed by atoms with Gasteiger partial charge in [0.1, 0.15) is 5.60 Å². The summed E-state index contributed by atoms with van der Waals surface area (Å²) in [7, 11) is 0. The van der Waals surface area contributed by atoms with Crippen LogP contribution in [0.2, 0.25) is 0 Å². The molecule has 5 nitrogen and oxygen atoms in total. The van der Waals surface area contributed by atoms with Crippen LogP contribution in [0.1, 0.15) is 19.3 Å². The second-order valence-electron chi connectivity index (χ2n) is 4.38. The lowest BCUT2D eigenvalue weighted by Crippen LogP contribution is -2.47. The van der Waals surface area contributed by atoms with E-state index >= 15 is 0 Å². The molecule has 2 fully saturated rings. The van der Waals surface area contributed by atoms with Crippen molar-refractivity contribution < 1.29 is 14.6 Å². The number of hydrogen-bond donors (Lipinski definition) is 2. The Morgan fingerprint density at radius 1 is 1.47 bits per heavy atom. The van der Waals surface area contributed by atoms with Gasteiger partial charge in [0.2, 0.25) is 0 Å². The van der Waals surface area contributed by atoms with Gasteiger partial charge >= 0.3 is 6.03 Å². The monoisotopic (exact) mass is 214 g/mol. The zero-order valence-electron chi connectivity index (χ0n) is 8.87. The Bertz CT molecular complexity index is 233. The van der Waals surface area contributed by atoms with E-state index in [-0.39, 0.29) is 6.03 Å². The number of hydrogen-bond acceptors (Lipinski definition) is 3. The van der Waals surface area contributed by atoms with Crippen LogP contribution in [0.25, 0.3) is 0 Å². The van der Waals surface area contributed by atoms with Crippen LogP contribution in [0.3, 0.4) is 0 Å². The molecule has 2 heterocycles. The molecule has 2 amide bonds. The zero-order valence-corrected chi connectivity index (χ0v) is 8.87. The molecule has 0 bridgehead atoms. The number of carbonyl (C=O) groups is 1. The summed E-state index contributed by atoms with van der Waals surface area (Å²) in [5.74, 6) is 0. The number of amides is 2. The third-order valence-corrected chi connectivity index (χ3v) is 3.04. The summed E-state index contributed by atoms with van der Waals surface area (Å²) in [6.45, 7) is 2.87. The van der Waals surface area contributed by atoms with Gasteiger partial charge in [-0.2, -0.15) is 0 Å². The molecule has 2 aliphatic heterocycles. The van der Waals surface area contributed by atoms with Crippen LogP contribution in [-0.4, -0.2) is 54.5 Å². The number of urea groups is 1. The molecule has 1 unspecified atom stereocenters. The molecule has 2 aliphatic rings. The van der Waals surface area contributed by atoms with Crippen LogP contribution in [0.5, 0.6) is 0 Å². The van der Waals surface area contributed by atoms with Crippen molar-refractivity contribution in [2.45, 2.75) is 24.9 Å². The molecule has 5 heteroatoms. The summed E-state index contributed by atoms with van der Waals surface area (Å²) >= 11 is 0. The lowest BCUT2D eigenvalue weighted by molar-refractivity contribution is 0.0283. The molecule has 15 heavy (non-hydrogen) atoms. The highest BCUT2D eigenvalue weighted by molar-refractivity contribution is 5.74. The summed E-state index contributed by atoms with van der Waals surface area (Å²) in [5, 5.41) is 12.7. The van der Waals surface area contributed by atoms with Gasteiger partial charge in [0, 0.05) is 26.1 Å². The predicted molar refractivity (Wildman–Crippen MR) is 54.6 cm³/mol. The molecular weight excluding hydrogens is 196 g/mol. The topological polar surface area (TPSA) is 61.8 Å². The van der Waals surface area contributed by atoms with Gasteiger partial charge in [-0.05, 0) is 12.8 Å². The van der Waals surface area contributed by atoms with Gasteiger partial charge in [-0.25, -0.2) is 4.79 Å². The summed E-state index contributed by atoms with van der Waals surface area (Å²) in [5.41, 5.74) is -0.852. The Kier molecular flexibility index (Phi) is 3.11. The fourth-order valence-corrected chi connectivity index (χ4v) is 2.01. The molecule has 0 aromatic carbocycles.